The van der Waals surface area contributed by atoms with E-state index in [1.165, 1.54) is 129 Å². The van der Waals surface area contributed by atoms with Crippen molar-refractivity contribution >= 4 is 78.9 Å². The fourth-order valence-electron chi connectivity index (χ4n) is 16.1. The Labute approximate surface area is 439 Å². The van der Waals surface area contributed by atoms with Crippen LogP contribution in [0.1, 0.15) is 113 Å². The van der Waals surface area contributed by atoms with Crippen LogP contribution in [-0.4, -0.2) is 12.3 Å². The average Bonchev–Trinajstić information content (AvgIpc) is 4.21. The number of rotatable bonds is 3. The third kappa shape index (κ3) is 5.20. The largest absolute Gasteiger partial charge is 0.463 e. The molecule has 4 nitrogen and oxygen atoms in total. The van der Waals surface area contributed by atoms with Gasteiger partial charge in [-0.05, 0) is 130 Å². The van der Waals surface area contributed by atoms with Gasteiger partial charge in [-0.15, -0.1) is 11.3 Å². The van der Waals surface area contributed by atoms with Gasteiger partial charge in [-0.1, -0.05) is 175 Å². The maximum absolute atomic E-state index is 8.21. The first-order valence-corrected chi connectivity index (χ1v) is 27.9. The summed E-state index contributed by atoms with van der Waals surface area (Å²) in [5, 5.41) is 1.36. The van der Waals surface area contributed by atoms with E-state index in [0.717, 1.165) is 24.4 Å². The Morgan fingerprint density at radius 3 is 1.76 bits per heavy atom. The van der Waals surface area contributed by atoms with Crippen LogP contribution in [0.2, 0.25) is 0 Å². The van der Waals surface area contributed by atoms with Gasteiger partial charge in [-0.25, -0.2) is 0 Å². The molecule has 4 aliphatic heterocycles. The molecule has 3 aliphatic carbocycles. The lowest BCUT2D eigenvalue weighted by Gasteiger charge is -2.51. The summed E-state index contributed by atoms with van der Waals surface area (Å²) in [6, 6.07) is 69.5. The Bertz CT molecular complexity index is 3900. The van der Waals surface area contributed by atoms with E-state index in [-0.39, 0.29) is 28.5 Å². The summed E-state index contributed by atoms with van der Waals surface area (Å²) in [5.74, 6) is 0.958. The van der Waals surface area contributed by atoms with Crippen LogP contribution in [0, 0.1) is 0 Å². The van der Waals surface area contributed by atoms with Crippen molar-refractivity contribution in [3.05, 3.63) is 232 Å². The molecule has 2 unspecified atom stereocenters. The molecule has 7 aliphatic rings. The van der Waals surface area contributed by atoms with Crippen molar-refractivity contribution in [3.8, 4) is 10.4 Å². The standard InChI is InChI=1S/C68H58BN3OS/c1-64(2)48-29-15-17-31-50(48)68(51-32-18-16-30-49(51)64)41-54-63(73-68)71(43-25-11-8-12-26-43)58-38-44(72-55-34-20-19-33-52(55)66(5)35-21-22-36-67(66,72)6)37-57-61(58)69(54)53-40-59-46(39-56(53)70(57)42-23-9-7-10-24-42)60-62(74-59)45-27-13-14-28-47(45)65(60,3)4/h7-20,23-34,37-40H,21-22,35-36,41H2,1-6H3. The summed E-state index contributed by atoms with van der Waals surface area (Å²) in [5.41, 5.74) is 22.2. The van der Waals surface area contributed by atoms with Crippen LogP contribution in [0.3, 0.4) is 0 Å². The Balaban J connectivity index is 1.03. The third-order valence-electron chi connectivity index (χ3n) is 19.7. The smallest absolute Gasteiger partial charge is 0.252 e. The number of hydrogen-bond acceptors (Lipinski definition) is 5. The molecule has 1 aromatic heterocycles. The first-order valence-electron chi connectivity index (χ1n) is 27.0. The highest BCUT2D eigenvalue weighted by molar-refractivity contribution is 7.22. The fraction of sp³-hybridized carbons (Fsp3) is 0.235. The summed E-state index contributed by atoms with van der Waals surface area (Å²) in [7, 11) is 0. The second-order valence-corrected chi connectivity index (χ2v) is 24.9. The SMILES string of the molecule is CC1(C)c2ccccc2C2(CC3=C(O2)N(c2ccccc2)c2cc(N4c5ccccc5C5(C)CCCCC45C)cc4c2B3c2cc3sc5c(c3cc2N4c2ccccc2)C(C)(C)c2ccccc2-5)c2ccccc21. The second kappa shape index (κ2) is 14.5. The van der Waals surface area contributed by atoms with Gasteiger partial charge in [-0.3, -0.25) is 4.90 Å². The van der Waals surface area contributed by atoms with Gasteiger partial charge < -0.3 is 14.5 Å². The van der Waals surface area contributed by atoms with E-state index in [0.29, 0.717) is 0 Å². The molecule has 0 N–H and O–H groups in total. The van der Waals surface area contributed by atoms with Gasteiger partial charge in [0.05, 0.1) is 5.54 Å². The molecule has 5 heterocycles. The van der Waals surface area contributed by atoms with Crippen molar-refractivity contribution < 1.29 is 4.74 Å². The molecule has 0 amide bonds. The van der Waals surface area contributed by atoms with Crippen LogP contribution >= 0.6 is 11.3 Å². The van der Waals surface area contributed by atoms with Gasteiger partial charge >= 0.3 is 0 Å². The molecule has 1 saturated carbocycles. The van der Waals surface area contributed by atoms with Gasteiger partial charge in [0.2, 0.25) is 0 Å². The number of para-hydroxylation sites is 3. The van der Waals surface area contributed by atoms with E-state index in [1.54, 1.807) is 0 Å². The lowest BCUT2D eigenvalue weighted by Crippen LogP contribution is -2.56. The zero-order valence-corrected chi connectivity index (χ0v) is 43.9. The normalized spacial score (nSPS) is 22.3. The zero-order valence-electron chi connectivity index (χ0n) is 43.1. The van der Waals surface area contributed by atoms with E-state index >= 15 is 0 Å². The monoisotopic (exact) mass is 975 g/mol. The molecule has 6 heteroatoms. The van der Waals surface area contributed by atoms with Crippen molar-refractivity contribution in [1.82, 2.24) is 0 Å². The lowest BCUT2D eigenvalue weighted by molar-refractivity contribution is 0.0533. The fourth-order valence-corrected chi connectivity index (χ4v) is 17.5. The molecule has 1 fully saturated rings. The maximum atomic E-state index is 8.21. The molecule has 16 rings (SSSR count). The van der Waals surface area contributed by atoms with Crippen LogP contribution in [-0.2, 0) is 26.6 Å². The Morgan fingerprint density at radius 1 is 0.500 bits per heavy atom. The topological polar surface area (TPSA) is 19.0 Å². The first kappa shape index (κ1) is 43.2. The number of thiophene rings is 1. The molecule has 1 spiro atoms. The predicted octanol–water partition coefficient (Wildman–Crippen LogP) is 16.2. The van der Waals surface area contributed by atoms with E-state index in [2.05, 4.69) is 238 Å². The molecule has 74 heavy (non-hydrogen) atoms. The predicted molar refractivity (Wildman–Crippen MR) is 309 cm³/mol. The Morgan fingerprint density at radius 2 is 1.07 bits per heavy atom. The maximum Gasteiger partial charge on any atom is 0.252 e. The lowest BCUT2D eigenvalue weighted by atomic mass is 9.32. The Kier molecular flexibility index (Phi) is 8.47. The van der Waals surface area contributed by atoms with Crippen LogP contribution in [0.4, 0.5) is 39.8 Å². The minimum Gasteiger partial charge on any atom is -0.463 e. The molecule has 360 valence electrons. The second-order valence-electron chi connectivity index (χ2n) is 23.9. The van der Waals surface area contributed by atoms with Gasteiger partial charge in [-0.2, -0.15) is 0 Å². The highest BCUT2D eigenvalue weighted by Crippen LogP contribution is 2.64. The van der Waals surface area contributed by atoms with Crippen LogP contribution in [0.25, 0.3) is 20.5 Å². The zero-order chi connectivity index (χ0) is 49.7. The summed E-state index contributed by atoms with van der Waals surface area (Å²) in [6.45, 7) is 14.7. The highest BCUT2D eigenvalue weighted by atomic mass is 32.1. The van der Waals surface area contributed by atoms with Crippen molar-refractivity contribution in [1.29, 1.82) is 0 Å². The molecule has 0 saturated heterocycles. The summed E-state index contributed by atoms with van der Waals surface area (Å²) >= 11 is 1.98. The number of hydrogen-bond donors (Lipinski definition) is 0. The van der Waals surface area contributed by atoms with E-state index in [1.807, 2.05) is 11.3 Å². The number of benzene rings is 8. The van der Waals surface area contributed by atoms with Gasteiger partial charge in [0, 0.05) is 83.2 Å². The van der Waals surface area contributed by atoms with E-state index in [9.17, 15) is 0 Å². The number of nitrogens with zero attached hydrogens (tertiary/aromatic N) is 3. The molecule has 2 atom stereocenters. The van der Waals surface area contributed by atoms with Crippen LogP contribution in [0.15, 0.2) is 193 Å². The van der Waals surface area contributed by atoms with Crippen molar-refractivity contribution in [3.63, 3.8) is 0 Å². The first-order chi connectivity index (χ1) is 35.9. The average molecular weight is 976 g/mol. The molecular weight excluding hydrogens is 918 g/mol. The number of ether oxygens (including phenoxy) is 1. The van der Waals surface area contributed by atoms with Crippen LogP contribution < -0.4 is 25.6 Å². The number of fused-ring (bicyclic) bond motifs is 15. The van der Waals surface area contributed by atoms with Gasteiger partial charge in [0.1, 0.15) is 0 Å². The van der Waals surface area contributed by atoms with Gasteiger partial charge in [0.15, 0.2) is 11.5 Å². The summed E-state index contributed by atoms with van der Waals surface area (Å²) in [6.07, 6.45) is 5.47. The summed E-state index contributed by atoms with van der Waals surface area (Å²) < 4.78 is 9.56. The van der Waals surface area contributed by atoms with Crippen molar-refractivity contribution in [2.24, 2.45) is 0 Å². The molecule has 0 bridgehead atoms. The quantitative estimate of drug-likeness (QED) is 0.164. The van der Waals surface area contributed by atoms with E-state index < -0.39 is 5.60 Å². The minimum absolute atomic E-state index is 0.0101. The minimum atomic E-state index is -0.755. The highest BCUT2D eigenvalue weighted by Gasteiger charge is 2.60. The van der Waals surface area contributed by atoms with Crippen molar-refractivity contribution in [2.75, 3.05) is 14.7 Å². The molecule has 0 radical (unpaired) electrons. The summed E-state index contributed by atoms with van der Waals surface area (Å²) in [4.78, 5) is 9.36. The Hall–Kier alpha value is -7.28. The molecule has 8 aromatic carbocycles. The molecular formula is C68H58BN3OS. The third-order valence-corrected chi connectivity index (χ3v) is 20.8. The van der Waals surface area contributed by atoms with E-state index in [4.69, 9.17) is 4.74 Å². The number of anilines is 7. The van der Waals surface area contributed by atoms with Gasteiger partial charge in [0.25, 0.3) is 6.71 Å². The van der Waals surface area contributed by atoms with Crippen LogP contribution in [0.5, 0.6) is 0 Å². The molecule has 9 aromatic rings. The van der Waals surface area contributed by atoms with Crippen molar-refractivity contribution in [2.45, 2.75) is 101 Å².